The van der Waals surface area contributed by atoms with Crippen molar-refractivity contribution in [3.8, 4) is 11.5 Å². The Morgan fingerprint density at radius 2 is 2.12 bits per heavy atom. The maximum atomic E-state index is 14.5. The van der Waals surface area contributed by atoms with Gasteiger partial charge in [0.25, 0.3) is 0 Å². The molecule has 2 aromatic carbocycles. The van der Waals surface area contributed by atoms with E-state index < -0.39 is 0 Å². The molecule has 3 aliphatic heterocycles. The van der Waals surface area contributed by atoms with Crippen molar-refractivity contribution in [3.63, 3.8) is 0 Å². The summed E-state index contributed by atoms with van der Waals surface area (Å²) in [6.07, 6.45) is 2.70. The van der Waals surface area contributed by atoms with Crippen molar-refractivity contribution in [3.05, 3.63) is 46.9 Å². The predicted molar refractivity (Wildman–Crippen MR) is 123 cm³/mol. The van der Waals surface area contributed by atoms with Crippen LogP contribution in [0.3, 0.4) is 0 Å². The molecule has 1 spiro atoms. The van der Waals surface area contributed by atoms with Gasteiger partial charge in [-0.3, -0.25) is 9.80 Å². The summed E-state index contributed by atoms with van der Waals surface area (Å²) in [6.45, 7) is 4.73. The second kappa shape index (κ2) is 7.54. The first-order valence-electron chi connectivity index (χ1n) is 10.7. The fourth-order valence-electron chi connectivity index (χ4n) is 4.84. The van der Waals surface area contributed by atoms with Crippen LogP contribution in [-0.4, -0.2) is 71.2 Å². The van der Waals surface area contributed by atoms with Crippen molar-refractivity contribution in [1.82, 2.24) is 19.8 Å². The van der Waals surface area contributed by atoms with E-state index in [9.17, 15) is 4.39 Å². The summed E-state index contributed by atoms with van der Waals surface area (Å²) >= 11 is 3.22. The highest BCUT2D eigenvalue weighted by Gasteiger charge is 2.51. The molecule has 0 radical (unpaired) electrons. The molecule has 0 aliphatic carbocycles. The molecule has 0 bridgehead atoms. The second-order valence-corrected chi connectivity index (χ2v) is 9.74. The lowest BCUT2D eigenvalue weighted by Gasteiger charge is -2.62. The van der Waals surface area contributed by atoms with Crippen LogP contribution in [0.2, 0.25) is 0 Å². The fourth-order valence-corrected chi connectivity index (χ4v) is 5.20. The van der Waals surface area contributed by atoms with E-state index in [4.69, 9.17) is 9.47 Å². The van der Waals surface area contributed by atoms with Gasteiger partial charge in [0, 0.05) is 43.2 Å². The summed E-state index contributed by atoms with van der Waals surface area (Å²) in [6, 6.07) is 8.83. The van der Waals surface area contributed by atoms with Gasteiger partial charge in [-0.25, -0.2) is 14.4 Å². The maximum absolute atomic E-state index is 14.5. The molecule has 9 heteroatoms. The lowest BCUT2D eigenvalue weighted by atomic mass is 9.78. The Labute approximate surface area is 193 Å². The van der Waals surface area contributed by atoms with Gasteiger partial charge in [0.2, 0.25) is 0 Å². The second-order valence-electron chi connectivity index (χ2n) is 8.88. The average molecular weight is 500 g/mol. The van der Waals surface area contributed by atoms with Gasteiger partial charge < -0.3 is 14.8 Å². The molecular formula is C23H23BrFN5O2. The number of ether oxygens (including phenoxy) is 2. The third-order valence-corrected chi connectivity index (χ3v) is 7.46. The molecule has 1 aromatic heterocycles. The minimum atomic E-state index is -0.374. The molecular weight excluding hydrogens is 477 g/mol. The molecule has 4 heterocycles. The number of rotatable bonds is 4. The smallest absolute Gasteiger partial charge is 0.163 e. The van der Waals surface area contributed by atoms with E-state index in [1.54, 1.807) is 18.2 Å². The molecule has 3 aliphatic rings. The van der Waals surface area contributed by atoms with Gasteiger partial charge in [-0.1, -0.05) is 6.07 Å². The molecule has 2 saturated heterocycles. The number of likely N-dealkylation sites (tertiary alicyclic amines) is 2. The molecule has 166 valence electrons. The molecule has 3 aromatic rings. The largest absolute Gasteiger partial charge is 0.486 e. The van der Waals surface area contributed by atoms with Gasteiger partial charge in [0.05, 0.1) is 15.7 Å². The number of aromatic nitrogens is 2. The molecule has 0 amide bonds. The zero-order valence-electron chi connectivity index (χ0n) is 17.6. The number of likely N-dealkylation sites (N-methyl/N-ethyl adjacent to an activating group) is 1. The molecule has 1 N–H and O–H groups in total. The van der Waals surface area contributed by atoms with E-state index in [0.717, 1.165) is 25.0 Å². The van der Waals surface area contributed by atoms with E-state index >= 15 is 0 Å². The van der Waals surface area contributed by atoms with Gasteiger partial charge in [-0.15, -0.1) is 0 Å². The highest BCUT2D eigenvalue weighted by atomic mass is 79.9. The normalized spacial score (nSPS) is 21.9. The first-order chi connectivity index (χ1) is 15.5. The SMILES string of the molecule is CN1CCC12CN(CC1COc3cc4ncnc(Nc5cccc(Br)c5F)c4cc3O1)C2. The summed E-state index contributed by atoms with van der Waals surface area (Å²) in [4.78, 5) is 13.6. The van der Waals surface area contributed by atoms with Crippen LogP contribution in [0.1, 0.15) is 6.42 Å². The first-order valence-corrected chi connectivity index (χ1v) is 11.5. The third-order valence-electron chi connectivity index (χ3n) is 6.84. The summed E-state index contributed by atoms with van der Waals surface area (Å²) in [7, 11) is 2.20. The van der Waals surface area contributed by atoms with E-state index in [0.29, 0.717) is 45.1 Å². The fraction of sp³-hybridized carbons (Fsp3) is 0.391. The van der Waals surface area contributed by atoms with Crippen LogP contribution >= 0.6 is 15.9 Å². The topological polar surface area (TPSA) is 62.8 Å². The van der Waals surface area contributed by atoms with Gasteiger partial charge in [0.1, 0.15) is 24.9 Å². The van der Waals surface area contributed by atoms with E-state index in [1.807, 2.05) is 12.1 Å². The Bertz CT molecular complexity index is 1200. The van der Waals surface area contributed by atoms with Crippen molar-refractivity contribution < 1.29 is 13.9 Å². The van der Waals surface area contributed by atoms with Gasteiger partial charge in [0.15, 0.2) is 17.3 Å². The van der Waals surface area contributed by atoms with Crippen molar-refractivity contribution in [2.45, 2.75) is 18.1 Å². The Balaban J connectivity index is 1.23. The Morgan fingerprint density at radius 3 is 2.91 bits per heavy atom. The van der Waals surface area contributed by atoms with Crippen LogP contribution in [0.25, 0.3) is 10.9 Å². The quantitative estimate of drug-likeness (QED) is 0.585. The number of hydrogen-bond donors (Lipinski definition) is 1. The number of fused-ring (bicyclic) bond motifs is 2. The van der Waals surface area contributed by atoms with Crippen molar-refractivity contribution in [2.75, 3.05) is 45.2 Å². The standard InChI is InChI=1S/C23H23BrFN5O2/c1-29-6-5-23(29)11-30(12-23)9-14-10-31-19-8-18-15(7-20(19)32-14)22(27-13-26-18)28-17-4-2-3-16(24)21(17)25/h2-4,7-8,13-14H,5-6,9-12H2,1H3,(H,26,27,28). The van der Waals surface area contributed by atoms with Crippen LogP contribution in [0.4, 0.5) is 15.9 Å². The minimum Gasteiger partial charge on any atom is -0.486 e. The average Bonchev–Trinajstić information content (AvgIpc) is 2.76. The van der Waals surface area contributed by atoms with Crippen molar-refractivity contribution >= 4 is 38.3 Å². The molecule has 2 fully saturated rings. The van der Waals surface area contributed by atoms with Gasteiger partial charge >= 0.3 is 0 Å². The van der Waals surface area contributed by atoms with Crippen LogP contribution in [0.15, 0.2) is 41.1 Å². The highest BCUT2D eigenvalue weighted by Crippen LogP contribution is 2.40. The number of benzene rings is 2. The minimum absolute atomic E-state index is 0.0359. The van der Waals surface area contributed by atoms with Crippen LogP contribution in [0.5, 0.6) is 11.5 Å². The molecule has 7 nitrogen and oxygen atoms in total. The Morgan fingerprint density at radius 1 is 1.25 bits per heavy atom. The maximum Gasteiger partial charge on any atom is 0.163 e. The number of nitrogens with zero attached hydrogens (tertiary/aromatic N) is 4. The van der Waals surface area contributed by atoms with E-state index in [-0.39, 0.29) is 11.9 Å². The number of hydrogen-bond acceptors (Lipinski definition) is 7. The number of nitrogens with one attached hydrogen (secondary N) is 1. The summed E-state index contributed by atoms with van der Waals surface area (Å²) < 4.78 is 27.2. The molecule has 1 unspecified atom stereocenters. The van der Waals surface area contributed by atoms with Crippen LogP contribution in [-0.2, 0) is 0 Å². The molecule has 1 atom stereocenters. The number of anilines is 2. The summed E-state index contributed by atoms with van der Waals surface area (Å²) in [5, 5.41) is 3.83. The molecule has 32 heavy (non-hydrogen) atoms. The van der Waals surface area contributed by atoms with Crippen molar-refractivity contribution in [2.24, 2.45) is 0 Å². The number of halogens is 2. The monoisotopic (exact) mass is 499 g/mol. The summed E-state index contributed by atoms with van der Waals surface area (Å²) in [5.41, 5.74) is 1.43. The zero-order valence-corrected chi connectivity index (χ0v) is 19.2. The van der Waals surface area contributed by atoms with Crippen LogP contribution < -0.4 is 14.8 Å². The van der Waals surface area contributed by atoms with E-state index in [2.05, 4.69) is 48.1 Å². The third kappa shape index (κ3) is 3.30. The highest BCUT2D eigenvalue weighted by molar-refractivity contribution is 9.10. The lowest BCUT2D eigenvalue weighted by molar-refractivity contribution is -0.119. The molecule has 6 rings (SSSR count). The summed E-state index contributed by atoms with van der Waals surface area (Å²) in [5.74, 6) is 1.47. The predicted octanol–water partition coefficient (Wildman–Crippen LogP) is 3.80. The van der Waals surface area contributed by atoms with Gasteiger partial charge in [-0.05, 0) is 47.6 Å². The van der Waals surface area contributed by atoms with E-state index in [1.165, 1.54) is 19.3 Å². The molecule has 0 saturated carbocycles. The Kier molecular flexibility index (Phi) is 4.74. The zero-order chi connectivity index (χ0) is 21.9. The Hall–Kier alpha value is -2.49. The van der Waals surface area contributed by atoms with Crippen LogP contribution in [0, 0.1) is 5.82 Å². The first kappa shape index (κ1) is 20.1. The lowest BCUT2D eigenvalue weighted by Crippen LogP contribution is -2.76. The van der Waals surface area contributed by atoms with Gasteiger partial charge in [-0.2, -0.15) is 0 Å². The van der Waals surface area contributed by atoms with Crippen molar-refractivity contribution in [1.29, 1.82) is 0 Å².